The van der Waals surface area contributed by atoms with Crippen LogP contribution in [-0.2, 0) is 116 Å². The molecule has 0 heterocycles. The van der Waals surface area contributed by atoms with E-state index in [2.05, 4.69) is 129 Å². The number of carbonyl (C=O) groups excluding carboxylic acids is 2. The molecule has 4 aromatic carbocycles. The van der Waals surface area contributed by atoms with Gasteiger partial charge in [0.15, 0.2) is 0 Å². The van der Waals surface area contributed by atoms with Crippen molar-refractivity contribution in [2.24, 2.45) is 0 Å². The summed E-state index contributed by atoms with van der Waals surface area (Å²) in [5, 5.41) is 0. The monoisotopic (exact) mass is 1360 g/mol. The standard InChI is InChI=1S/C13H12.C12H21O12P3.C8H11O4P.C3H9O4P.2C3H7O4P.3C2H6.2CH4/c1-3-7-12(8-4-1)11-13-9-5-2-6-10-13;1-16-25(13,17-2)22-10-7-11(23-26(14,18-3)19-4)9-12(8-10)24-27(15,20-5)21-6;1-10-13(9,11-2)12-8-6-4-3-5-7-8;1-5-8(4,6-2)7-3;2*1-6-8(5,3-4)7-2;3*1-2;;/h1-10H,11H2;7-9H,1-6H3;3-7H,1-2H3;1-3H3;2*3H,1-2H3;3*1-2H3;2*1H4. The molecule has 35 heteroatoms. The molecule has 85 heavy (non-hydrogen) atoms. The molecule has 496 valence electrons. The van der Waals surface area contributed by atoms with Gasteiger partial charge in [-0.25, -0.2) is 22.8 Å². The normalized spacial score (nSPS) is 10.7. The minimum Gasteiger partial charge on any atom is -0.404 e. The predicted octanol–water partition coefficient (Wildman–Crippen LogP) is 16.5. The lowest BCUT2D eigenvalue weighted by Crippen LogP contribution is -2.01. The Morgan fingerprint density at radius 1 is 0.282 bits per heavy atom. The molecule has 0 aromatic heterocycles. The molecule has 4 aromatic rings. The maximum Gasteiger partial charge on any atom is 0.529 e. The highest BCUT2D eigenvalue weighted by Gasteiger charge is 2.31. The molecule has 0 aliphatic rings. The third-order valence-corrected chi connectivity index (χ3v) is 17.5. The van der Waals surface area contributed by atoms with Crippen LogP contribution in [0.1, 0.15) is 67.5 Å². The highest BCUT2D eigenvalue weighted by atomic mass is 31.2. The van der Waals surface area contributed by atoms with Gasteiger partial charge < -0.3 is 36.2 Å². The largest absolute Gasteiger partial charge is 0.529 e. The van der Waals surface area contributed by atoms with Crippen LogP contribution in [0.4, 0.5) is 0 Å². The fourth-order valence-corrected chi connectivity index (χ4v) is 8.02. The molecular formula is C50H93O28P7. The van der Waals surface area contributed by atoms with Crippen LogP contribution in [0.5, 0.6) is 23.0 Å². The third kappa shape index (κ3) is 42.9. The summed E-state index contributed by atoms with van der Waals surface area (Å²) in [5.41, 5.74) is 2.74. The number of carbonyl (C=O) groups is 2. The Bertz CT molecular complexity index is 2360. The fraction of sp³-hybridized carbons (Fsp3) is 0.480. The van der Waals surface area contributed by atoms with Gasteiger partial charge in [-0.1, -0.05) is 135 Å². The molecule has 0 unspecified atom stereocenters. The first kappa shape index (κ1) is 95.1. The predicted molar refractivity (Wildman–Crippen MR) is 330 cm³/mol. The lowest BCUT2D eigenvalue weighted by molar-refractivity contribution is 0.178. The van der Waals surface area contributed by atoms with Crippen LogP contribution in [0.15, 0.2) is 109 Å². The zero-order valence-corrected chi connectivity index (χ0v) is 57.1. The minimum absolute atomic E-state index is 0. The van der Waals surface area contributed by atoms with E-state index in [0.29, 0.717) is 5.75 Å². The van der Waals surface area contributed by atoms with Crippen molar-refractivity contribution in [2.45, 2.75) is 62.8 Å². The van der Waals surface area contributed by atoms with Gasteiger partial charge in [-0.3, -0.25) is 68.5 Å². The van der Waals surface area contributed by atoms with Crippen molar-refractivity contribution in [2.75, 3.05) is 107 Å². The van der Waals surface area contributed by atoms with E-state index in [1.54, 1.807) is 24.3 Å². The van der Waals surface area contributed by atoms with E-state index < -0.39 is 54.3 Å². The van der Waals surface area contributed by atoms with Gasteiger partial charge in [0.05, 0.1) is 0 Å². The van der Waals surface area contributed by atoms with E-state index in [9.17, 15) is 41.5 Å². The summed E-state index contributed by atoms with van der Waals surface area (Å²) >= 11 is 0. The lowest BCUT2D eigenvalue weighted by atomic mass is 10.1. The average Bonchev–Trinajstić information content (AvgIpc) is 3.74. The van der Waals surface area contributed by atoms with Crippen LogP contribution >= 0.6 is 54.3 Å². The molecular weight excluding hydrogens is 1270 g/mol. The first-order chi connectivity index (χ1) is 39.3. The van der Waals surface area contributed by atoms with Crippen molar-refractivity contribution < 1.29 is 127 Å². The van der Waals surface area contributed by atoms with Crippen molar-refractivity contribution >= 4 is 66.4 Å². The first-order valence-electron chi connectivity index (χ1n) is 23.8. The molecule has 0 aliphatic carbocycles. The molecule has 4 rings (SSSR count). The van der Waals surface area contributed by atoms with E-state index in [0.717, 1.165) is 77.5 Å². The third-order valence-electron chi connectivity index (χ3n) is 8.30. The van der Waals surface area contributed by atoms with Crippen molar-refractivity contribution in [3.8, 4) is 23.0 Å². The maximum absolute atomic E-state index is 12.2. The molecule has 0 saturated carbocycles. The second-order valence-corrected chi connectivity index (χ2v) is 26.0. The number of hydrogen-bond acceptors (Lipinski definition) is 28. The quantitative estimate of drug-likeness (QED) is 0.0395. The van der Waals surface area contributed by atoms with E-state index in [1.165, 1.54) is 64.9 Å². The summed E-state index contributed by atoms with van der Waals surface area (Å²) in [4.78, 5) is 19.6. The lowest BCUT2D eigenvalue weighted by Gasteiger charge is -2.19. The molecule has 0 saturated heterocycles. The number of phosphoric acid groups is 5. The van der Waals surface area contributed by atoms with Crippen molar-refractivity contribution in [3.05, 3.63) is 120 Å². The van der Waals surface area contributed by atoms with Gasteiger partial charge in [0.25, 0.3) is 0 Å². The highest BCUT2D eigenvalue weighted by Crippen LogP contribution is 2.55. The Morgan fingerprint density at radius 2 is 0.471 bits per heavy atom. The summed E-state index contributed by atoms with van der Waals surface area (Å²) in [7, 11) is -7.53. The Morgan fingerprint density at radius 3 is 0.624 bits per heavy atom. The zero-order valence-electron chi connectivity index (χ0n) is 50.8. The Labute approximate surface area is 504 Å². The highest BCUT2D eigenvalue weighted by molar-refractivity contribution is 7.69. The number of benzene rings is 4. The number of rotatable bonds is 27. The van der Waals surface area contributed by atoms with E-state index in [1.807, 2.05) is 47.6 Å². The van der Waals surface area contributed by atoms with Crippen LogP contribution in [0.2, 0.25) is 0 Å². The SMILES string of the molecule is C.C.CC.CC.CC.COP(=O)(C=O)OC.COP(=O)(C=O)OC.COP(=O)(OC)OC.COP(=O)(OC)Oc1cc(OP(=O)(OC)OC)cc(OP(=O)(OC)OC)c1.COP(=O)(OC)Oc1ccccc1.c1ccc(Cc2ccccc2)cc1. The molecule has 0 amide bonds. The average molecular weight is 1360 g/mol. The van der Waals surface area contributed by atoms with Crippen molar-refractivity contribution in [1.29, 1.82) is 0 Å². The summed E-state index contributed by atoms with van der Waals surface area (Å²) in [5.74, 6) is -0.0272. The van der Waals surface area contributed by atoms with Crippen LogP contribution in [0.25, 0.3) is 0 Å². The van der Waals surface area contributed by atoms with Gasteiger partial charge >= 0.3 is 54.3 Å². The Kier molecular flexibility index (Phi) is 61.0. The summed E-state index contributed by atoms with van der Waals surface area (Å²) in [6, 6.07) is 33.6. The van der Waals surface area contributed by atoms with Crippen LogP contribution in [-0.4, -0.2) is 119 Å². The molecule has 0 N–H and O–H groups in total. The smallest absolute Gasteiger partial charge is 0.404 e. The van der Waals surface area contributed by atoms with E-state index >= 15 is 0 Å². The second-order valence-electron chi connectivity index (χ2n) is 12.7. The molecule has 28 nitrogen and oxygen atoms in total. The van der Waals surface area contributed by atoms with E-state index in [-0.39, 0.29) is 44.2 Å². The number of para-hydroxylation sites is 1. The van der Waals surface area contributed by atoms with Gasteiger partial charge in [0, 0.05) is 125 Å². The second kappa shape index (κ2) is 54.6. The van der Waals surface area contributed by atoms with Gasteiger partial charge in [-0.2, -0.15) is 0 Å². The molecule has 0 fully saturated rings. The molecule has 0 spiro atoms. The zero-order chi connectivity index (χ0) is 65.2. The van der Waals surface area contributed by atoms with Crippen LogP contribution in [0.3, 0.4) is 0 Å². The number of hydrogen-bond donors (Lipinski definition) is 0. The van der Waals surface area contributed by atoms with Gasteiger partial charge in [-0.05, 0) is 29.7 Å². The Balaban J connectivity index is -0.000000179. The molecule has 0 radical (unpaired) electrons. The summed E-state index contributed by atoms with van der Waals surface area (Å²) < 4.78 is 167. The molecule has 0 aliphatic heterocycles. The van der Waals surface area contributed by atoms with Crippen LogP contribution < -0.4 is 18.1 Å². The molecule has 0 bridgehead atoms. The fourth-order valence-electron chi connectivity index (χ4n) is 4.27. The summed E-state index contributed by atoms with van der Waals surface area (Å²) in [6.07, 6.45) is 1.03. The Hall–Kier alpha value is -3.57. The summed E-state index contributed by atoms with van der Waals surface area (Å²) in [6.45, 7) is 12.0. The maximum atomic E-state index is 12.2. The van der Waals surface area contributed by atoms with Crippen molar-refractivity contribution in [1.82, 2.24) is 0 Å². The van der Waals surface area contributed by atoms with E-state index in [4.69, 9.17) is 18.1 Å². The van der Waals surface area contributed by atoms with Crippen molar-refractivity contribution in [3.63, 3.8) is 0 Å². The van der Waals surface area contributed by atoms with Gasteiger partial charge in [-0.15, -0.1) is 0 Å². The minimum atomic E-state index is -3.95. The number of phosphoric ester groups is 5. The van der Waals surface area contributed by atoms with Crippen LogP contribution in [0, 0.1) is 0 Å². The van der Waals surface area contributed by atoms with Gasteiger partial charge in [0.2, 0.25) is 12.1 Å². The van der Waals surface area contributed by atoms with Gasteiger partial charge in [0.1, 0.15) is 23.0 Å². The first-order valence-corrected chi connectivity index (χ1v) is 34.4. The molecule has 0 atom stereocenters. The topological polar surface area (TPSA) is 329 Å².